The maximum absolute atomic E-state index is 5.65. The predicted octanol–water partition coefficient (Wildman–Crippen LogP) is 2.65. The van der Waals surface area contributed by atoms with Crippen LogP contribution in [0.25, 0.3) is 0 Å². The minimum atomic E-state index is 0.328. The van der Waals surface area contributed by atoms with Crippen molar-refractivity contribution < 1.29 is 4.74 Å². The quantitative estimate of drug-likeness (QED) is 0.684. The predicted molar refractivity (Wildman–Crippen MR) is 49.2 cm³/mol. The van der Waals surface area contributed by atoms with Gasteiger partial charge in [-0.15, -0.1) is 0 Å². The molecular formula is C10H15NO. The van der Waals surface area contributed by atoms with E-state index >= 15 is 0 Å². The Kier molecular flexibility index (Phi) is 3.58. The lowest BCUT2D eigenvalue weighted by Gasteiger charge is -2.14. The molecule has 1 aromatic heterocycles. The Morgan fingerprint density at radius 2 is 2.17 bits per heavy atom. The average Bonchev–Trinajstić information content (AvgIpc) is 2.16. The Labute approximate surface area is 73.6 Å². The molecule has 0 aromatic carbocycles. The molecule has 0 spiro atoms. The molecule has 1 heterocycles. The van der Waals surface area contributed by atoms with Gasteiger partial charge in [-0.25, -0.2) is 0 Å². The second kappa shape index (κ2) is 4.75. The van der Waals surface area contributed by atoms with E-state index in [1.807, 2.05) is 12.1 Å². The second-order valence-corrected chi connectivity index (χ2v) is 2.75. The summed E-state index contributed by atoms with van der Waals surface area (Å²) in [7, 11) is 0. The van der Waals surface area contributed by atoms with Gasteiger partial charge < -0.3 is 4.74 Å². The molecule has 0 unspecified atom stereocenters. The van der Waals surface area contributed by atoms with E-state index in [0.29, 0.717) is 6.10 Å². The van der Waals surface area contributed by atoms with E-state index in [1.165, 1.54) is 0 Å². The fraction of sp³-hybridized carbons (Fsp3) is 0.500. The van der Waals surface area contributed by atoms with E-state index in [1.54, 1.807) is 12.4 Å². The van der Waals surface area contributed by atoms with Crippen LogP contribution in [0.4, 0.5) is 0 Å². The first-order valence-electron chi connectivity index (χ1n) is 4.43. The van der Waals surface area contributed by atoms with Gasteiger partial charge in [-0.1, -0.05) is 13.8 Å². The lowest BCUT2D eigenvalue weighted by molar-refractivity contribution is 0.192. The molecule has 0 aliphatic carbocycles. The molecule has 12 heavy (non-hydrogen) atoms. The van der Waals surface area contributed by atoms with Crippen LogP contribution in [-0.4, -0.2) is 11.1 Å². The van der Waals surface area contributed by atoms with E-state index in [0.717, 1.165) is 18.6 Å². The first-order valence-corrected chi connectivity index (χ1v) is 4.43. The molecule has 0 radical (unpaired) electrons. The Morgan fingerprint density at radius 1 is 1.42 bits per heavy atom. The average molecular weight is 165 g/mol. The first-order chi connectivity index (χ1) is 5.86. The normalized spacial score (nSPS) is 10.2. The van der Waals surface area contributed by atoms with Gasteiger partial charge in [0.15, 0.2) is 0 Å². The van der Waals surface area contributed by atoms with E-state index in [-0.39, 0.29) is 0 Å². The largest absolute Gasteiger partial charge is 0.489 e. The SMILES string of the molecule is CCC(CC)Oc1cccnc1. The molecule has 0 amide bonds. The van der Waals surface area contributed by atoms with Gasteiger partial charge in [0.05, 0.1) is 12.3 Å². The summed E-state index contributed by atoms with van der Waals surface area (Å²) < 4.78 is 5.65. The van der Waals surface area contributed by atoms with Crippen LogP contribution in [0.15, 0.2) is 24.5 Å². The van der Waals surface area contributed by atoms with Crippen molar-refractivity contribution in [2.45, 2.75) is 32.8 Å². The highest BCUT2D eigenvalue weighted by molar-refractivity contribution is 5.15. The van der Waals surface area contributed by atoms with Crippen molar-refractivity contribution in [2.24, 2.45) is 0 Å². The van der Waals surface area contributed by atoms with Crippen molar-refractivity contribution in [2.75, 3.05) is 0 Å². The van der Waals surface area contributed by atoms with Crippen LogP contribution in [0, 0.1) is 0 Å². The van der Waals surface area contributed by atoms with Crippen LogP contribution in [0.5, 0.6) is 5.75 Å². The van der Waals surface area contributed by atoms with Crippen molar-refractivity contribution in [1.29, 1.82) is 0 Å². The zero-order valence-electron chi connectivity index (χ0n) is 7.66. The summed E-state index contributed by atoms with van der Waals surface area (Å²) in [6.07, 6.45) is 5.92. The molecule has 2 nitrogen and oxygen atoms in total. The summed E-state index contributed by atoms with van der Waals surface area (Å²) in [6.45, 7) is 4.26. The number of rotatable bonds is 4. The number of hydrogen-bond acceptors (Lipinski definition) is 2. The van der Waals surface area contributed by atoms with Crippen molar-refractivity contribution >= 4 is 0 Å². The fourth-order valence-electron chi connectivity index (χ4n) is 1.06. The fourth-order valence-corrected chi connectivity index (χ4v) is 1.06. The highest BCUT2D eigenvalue weighted by Gasteiger charge is 2.03. The van der Waals surface area contributed by atoms with Crippen molar-refractivity contribution in [1.82, 2.24) is 4.98 Å². The molecule has 0 saturated carbocycles. The summed E-state index contributed by atoms with van der Waals surface area (Å²) in [6, 6.07) is 3.82. The number of hydrogen-bond donors (Lipinski definition) is 0. The summed E-state index contributed by atoms with van der Waals surface area (Å²) >= 11 is 0. The maximum Gasteiger partial charge on any atom is 0.137 e. The molecular weight excluding hydrogens is 150 g/mol. The molecule has 0 N–H and O–H groups in total. The van der Waals surface area contributed by atoms with Gasteiger partial charge in [-0.2, -0.15) is 0 Å². The molecule has 0 saturated heterocycles. The minimum Gasteiger partial charge on any atom is -0.489 e. The lowest BCUT2D eigenvalue weighted by Crippen LogP contribution is -2.13. The third-order valence-electron chi connectivity index (χ3n) is 1.85. The zero-order chi connectivity index (χ0) is 8.81. The maximum atomic E-state index is 5.65. The van der Waals surface area contributed by atoms with Gasteiger partial charge >= 0.3 is 0 Å². The van der Waals surface area contributed by atoms with Crippen LogP contribution in [0.2, 0.25) is 0 Å². The molecule has 2 heteroatoms. The van der Waals surface area contributed by atoms with Crippen LogP contribution in [0.1, 0.15) is 26.7 Å². The number of ether oxygens (including phenoxy) is 1. The van der Waals surface area contributed by atoms with Crippen LogP contribution in [0.3, 0.4) is 0 Å². The monoisotopic (exact) mass is 165 g/mol. The van der Waals surface area contributed by atoms with Gasteiger partial charge in [0, 0.05) is 6.20 Å². The topological polar surface area (TPSA) is 22.1 Å². The van der Waals surface area contributed by atoms with Crippen molar-refractivity contribution in [3.63, 3.8) is 0 Å². The molecule has 0 aliphatic rings. The third kappa shape index (κ3) is 2.53. The highest BCUT2D eigenvalue weighted by Crippen LogP contribution is 2.12. The summed E-state index contributed by atoms with van der Waals surface area (Å²) in [5, 5.41) is 0. The zero-order valence-corrected chi connectivity index (χ0v) is 7.66. The van der Waals surface area contributed by atoms with Gasteiger partial charge in [0.1, 0.15) is 5.75 Å². The Morgan fingerprint density at radius 3 is 2.67 bits per heavy atom. The summed E-state index contributed by atoms with van der Waals surface area (Å²) in [4.78, 5) is 3.98. The molecule has 0 atom stereocenters. The first kappa shape index (κ1) is 9.04. The molecule has 1 rings (SSSR count). The van der Waals surface area contributed by atoms with E-state index < -0.39 is 0 Å². The lowest BCUT2D eigenvalue weighted by atomic mass is 10.2. The van der Waals surface area contributed by atoms with Crippen LogP contribution < -0.4 is 4.74 Å². The number of nitrogens with zero attached hydrogens (tertiary/aromatic N) is 1. The Balaban J connectivity index is 2.51. The smallest absolute Gasteiger partial charge is 0.137 e. The number of pyridine rings is 1. The van der Waals surface area contributed by atoms with Gasteiger partial charge in [-0.3, -0.25) is 4.98 Å². The molecule has 0 aliphatic heterocycles. The van der Waals surface area contributed by atoms with Gasteiger partial charge in [0.25, 0.3) is 0 Å². The van der Waals surface area contributed by atoms with Crippen molar-refractivity contribution in [3.05, 3.63) is 24.5 Å². The van der Waals surface area contributed by atoms with Crippen LogP contribution >= 0.6 is 0 Å². The van der Waals surface area contributed by atoms with Gasteiger partial charge in [0.2, 0.25) is 0 Å². The van der Waals surface area contributed by atoms with Gasteiger partial charge in [-0.05, 0) is 25.0 Å². The van der Waals surface area contributed by atoms with E-state index in [2.05, 4.69) is 18.8 Å². The van der Waals surface area contributed by atoms with Crippen LogP contribution in [-0.2, 0) is 0 Å². The Hall–Kier alpha value is -1.05. The summed E-state index contributed by atoms with van der Waals surface area (Å²) in [5.74, 6) is 0.867. The van der Waals surface area contributed by atoms with E-state index in [9.17, 15) is 0 Å². The van der Waals surface area contributed by atoms with Crippen molar-refractivity contribution in [3.8, 4) is 5.75 Å². The second-order valence-electron chi connectivity index (χ2n) is 2.75. The molecule has 0 bridgehead atoms. The third-order valence-corrected chi connectivity index (χ3v) is 1.85. The highest BCUT2D eigenvalue weighted by atomic mass is 16.5. The Bertz CT molecular complexity index is 206. The summed E-state index contributed by atoms with van der Waals surface area (Å²) in [5.41, 5.74) is 0. The molecule has 66 valence electrons. The molecule has 0 fully saturated rings. The standard InChI is InChI=1S/C10H15NO/c1-3-9(4-2)12-10-6-5-7-11-8-10/h5-9H,3-4H2,1-2H3. The minimum absolute atomic E-state index is 0.328. The van der Waals surface area contributed by atoms with E-state index in [4.69, 9.17) is 4.74 Å². The number of aromatic nitrogens is 1. The molecule has 1 aromatic rings.